The molecule has 0 spiro atoms. The van der Waals surface area contributed by atoms with E-state index < -0.39 is 0 Å². The van der Waals surface area contributed by atoms with Gasteiger partial charge in [-0.1, -0.05) is 36.8 Å². The van der Waals surface area contributed by atoms with Crippen molar-refractivity contribution in [1.82, 2.24) is 4.90 Å². The van der Waals surface area contributed by atoms with Gasteiger partial charge in [0.25, 0.3) is 0 Å². The summed E-state index contributed by atoms with van der Waals surface area (Å²) in [4.78, 5) is 26.2. The Morgan fingerprint density at radius 1 is 1.10 bits per heavy atom. The van der Waals surface area contributed by atoms with Crippen molar-refractivity contribution in [2.75, 3.05) is 13.2 Å². The SMILES string of the molecule is O=C1CC(c2ccccc2)C(=O)N1CC1CCCC1CO. The minimum absolute atomic E-state index is 0.0718. The number of aliphatic hydroxyl groups is 1. The van der Waals surface area contributed by atoms with Crippen LogP contribution < -0.4 is 0 Å². The van der Waals surface area contributed by atoms with Crippen molar-refractivity contribution in [3.63, 3.8) is 0 Å². The molecule has 1 N–H and O–H groups in total. The highest BCUT2D eigenvalue weighted by Gasteiger charge is 2.41. The maximum absolute atomic E-state index is 12.5. The van der Waals surface area contributed by atoms with Crippen LogP contribution in [0.25, 0.3) is 0 Å². The number of rotatable bonds is 4. The number of amides is 2. The average Bonchev–Trinajstić information content (AvgIpc) is 3.07. The third-order valence-corrected chi connectivity index (χ3v) is 4.91. The van der Waals surface area contributed by atoms with Crippen LogP contribution in [0.5, 0.6) is 0 Å². The zero-order chi connectivity index (χ0) is 14.8. The van der Waals surface area contributed by atoms with E-state index >= 15 is 0 Å². The molecule has 3 unspecified atom stereocenters. The highest BCUT2D eigenvalue weighted by molar-refractivity contribution is 6.06. The summed E-state index contributed by atoms with van der Waals surface area (Å²) in [6.45, 7) is 0.634. The molecule has 3 atom stereocenters. The lowest BCUT2D eigenvalue weighted by molar-refractivity contribution is -0.139. The molecular formula is C17H21NO3. The predicted molar refractivity (Wildman–Crippen MR) is 78.4 cm³/mol. The smallest absolute Gasteiger partial charge is 0.237 e. The van der Waals surface area contributed by atoms with E-state index in [1.54, 1.807) is 0 Å². The monoisotopic (exact) mass is 287 g/mol. The molecular weight excluding hydrogens is 266 g/mol. The number of hydrogen-bond acceptors (Lipinski definition) is 3. The molecule has 1 heterocycles. The molecule has 1 aliphatic heterocycles. The topological polar surface area (TPSA) is 57.6 Å². The molecule has 2 fully saturated rings. The fourth-order valence-electron chi connectivity index (χ4n) is 3.65. The van der Waals surface area contributed by atoms with Gasteiger partial charge in [-0.2, -0.15) is 0 Å². The summed E-state index contributed by atoms with van der Waals surface area (Å²) in [6.07, 6.45) is 3.35. The van der Waals surface area contributed by atoms with Gasteiger partial charge >= 0.3 is 0 Å². The Balaban J connectivity index is 1.72. The molecule has 4 heteroatoms. The van der Waals surface area contributed by atoms with E-state index in [9.17, 15) is 14.7 Å². The van der Waals surface area contributed by atoms with Crippen molar-refractivity contribution in [2.24, 2.45) is 11.8 Å². The van der Waals surface area contributed by atoms with Gasteiger partial charge in [-0.25, -0.2) is 0 Å². The van der Waals surface area contributed by atoms with Crippen molar-refractivity contribution in [3.05, 3.63) is 35.9 Å². The van der Waals surface area contributed by atoms with E-state index in [-0.39, 0.29) is 42.6 Å². The Kier molecular flexibility index (Phi) is 4.06. The van der Waals surface area contributed by atoms with Gasteiger partial charge in [0.1, 0.15) is 0 Å². The van der Waals surface area contributed by atoms with Crippen LogP contribution in [0.15, 0.2) is 30.3 Å². The fourth-order valence-corrected chi connectivity index (χ4v) is 3.65. The van der Waals surface area contributed by atoms with Crippen LogP contribution in [0.4, 0.5) is 0 Å². The van der Waals surface area contributed by atoms with E-state index in [1.165, 1.54) is 4.90 Å². The van der Waals surface area contributed by atoms with E-state index in [0.717, 1.165) is 24.8 Å². The van der Waals surface area contributed by atoms with Crippen LogP contribution in [0, 0.1) is 11.8 Å². The van der Waals surface area contributed by atoms with Gasteiger partial charge in [0, 0.05) is 19.6 Å². The summed E-state index contributed by atoms with van der Waals surface area (Å²) >= 11 is 0. The van der Waals surface area contributed by atoms with Crippen LogP contribution >= 0.6 is 0 Å². The van der Waals surface area contributed by atoms with Crippen molar-refractivity contribution in [3.8, 4) is 0 Å². The molecule has 1 saturated carbocycles. The van der Waals surface area contributed by atoms with Gasteiger partial charge < -0.3 is 5.11 Å². The summed E-state index contributed by atoms with van der Waals surface area (Å²) in [7, 11) is 0. The number of hydrogen-bond donors (Lipinski definition) is 1. The van der Waals surface area contributed by atoms with Gasteiger partial charge in [0.2, 0.25) is 11.8 Å². The Bertz CT molecular complexity index is 528. The lowest BCUT2D eigenvalue weighted by Gasteiger charge is -2.23. The number of nitrogens with zero attached hydrogens (tertiary/aromatic N) is 1. The van der Waals surface area contributed by atoms with E-state index in [2.05, 4.69) is 0 Å². The number of carbonyl (C=O) groups is 2. The van der Waals surface area contributed by atoms with Gasteiger partial charge in [-0.05, 0) is 30.2 Å². The van der Waals surface area contributed by atoms with Crippen molar-refractivity contribution >= 4 is 11.8 Å². The summed E-state index contributed by atoms with van der Waals surface area (Å²) < 4.78 is 0. The van der Waals surface area contributed by atoms with Crippen LogP contribution in [-0.2, 0) is 9.59 Å². The number of imide groups is 1. The van der Waals surface area contributed by atoms with Crippen LogP contribution in [0.3, 0.4) is 0 Å². The van der Waals surface area contributed by atoms with Crippen molar-refractivity contribution in [2.45, 2.75) is 31.6 Å². The Labute approximate surface area is 124 Å². The Morgan fingerprint density at radius 2 is 1.81 bits per heavy atom. The molecule has 0 bridgehead atoms. The predicted octanol–water partition coefficient (Wildman–Crippen LogP) is 1.94. The first-order valence-corrected chi connectivity index (χ1v) is 7.70. The first-order chi connectivity index (χ1) is 10.2. The second-order valence-electron chi connectivity index (χ2n) is 6.14. The molecule has 1 aromatic rings. The third-order valence-electron chi connectivity index (χ3n) is 4.91. The highest BCUT2D eigenvalue weighted by atomic mass is 16.3. The maximum Gasteiger partial charge on any atom is 0.237 e. The Hall–Kier alpha value is -1.68. The summed E-state index contributed by atoms with van der Waals surface area (Å²) in [5, 5.41) is 9.38. The number of likely N-dealkylation sites (tertiary alicyclic amines) is 1. The minimum atomic E-state index is -0.326. The van der Waals surface area contributed by atoms with Crippen LogP contribution in [0.1, 0.15) is 37.2 Å². The van der Waals surface area contributed by atoms with Crippen molar-refractivity contribution < 1.29 is 14.7 Å². The summed E-state index contributed by atoms with van der Waals surface area (Å²) in [5.74, 6) is 0.0266. The molecule has 2 amide bonds. The molecule has 4 nitrogen and oxygen atoms in total. The molecule has 1 aliphatic carbocycles. The van der Waals surface area contributed by atoms with Gasteiger partial charge in [0.15, 0.2) is 0 Å². The molecule has 21 heavy (non-hydrogen) atoms. The summed E-state index contributed by atoms with van der Waals surface area (Å²) in [5.41, 5.74) is 0.920. The largest absolute Gasteiger partial charge is 0.396 e. The average molecular weight is 287 g/mol. The quantitative estimate of drug-likeness (QED) is 0.861. The zero-order valence-corrected chi connectivity index (χ0v) is 12.1. The summed E-state index contributed by atoms with van der Waals surface area (Å²) in [6, 6.07) is 9.52. The van der Waals surface area contributed by atoms with Gasteiger partial charge in [-0.15, -0.1) is 0 Å². The number of aliphatic hydroxyl groups excluding tert-OH is 1. The fraction of sp³-hybridized carbons (Fsp3) is 0.529. The molecule has 1 saturated heterocycles. The highest BCUT2D eigenvalue weighted by Crippen LogP contribution is 2.35. The Morgan fingerprint density at radius 3 is 2.52 bits per heavy atom. The van der Waals surface area contributed by atoms with E-state index in [4.69, 9.17) is 0 Å². The maximum atomic E-state index is 12.5. The lowest BCUT2D eigenvalue weighted by atomic mass is 9.96. The normalized spacial score (nSPS) is 29.4. The van der Waals surface area contributed by atoms with E-state index in [0.29, 0.717) is 6.54 Å². The van der Waals surface area contributed by atoms with Crippen molar-refractivity contribution in [1.29, 1.82) is 0 Å². The first-order valence-electron chi connectivity index (χ1n) is 7.70. The molecule has 2 aliphatic rings. The molecule has 3 rings (SSSR count). The number of benzene rings is 1. The number of carbonyl (C=O) groups excluding carboxylic acids is 2. The zero-order valence-electron chi connectivity index (χ0n) is 12.1. The van der Waals surface area contributed by atoms with Crippen LogP contribution in [-0.4, -0.2) is 35.0 Å². The second-order valence-corrected chi connectivity index (χ2v) is 6.14. The molecule has 0 aromatic heterocycles. The van der Waals surface area contributed by atoms with Gasteiger partial charge in [-0.3, -0.25) is 14.5 Å². The molecule has 1 aromatic carbocycles. The first kappa shape index (κ1) is 14.3. The second kappa shape index (κ2) is 5.98. The molecule has 112 valence electrons. The lowest BCUT2D eigenvalue weighted by Crippen LogP contribution is -2.36. The standard InChI is InChI=1S/C17H21NO3/c19-11-14-8-4-7-13(14)10-18-16(20)9-15(17(18)21)12-5-2-1-3-6-12/h1-3,5-6,13-15,19H,4,7-11H2. The van der Waals surface area contributed by atoms with Gasteiger partial charge in [0.05, 0.1) is 5.92 Å². The minimum Gasteiger partial charge on any atom is -0.396 e. The van der Waals surface area contributed by atoms with E-state index in [1.807, 2.05) is 30.3 Å². The van der Waals surface area contributed by atoms with Crippen LogP contribution in [0.2, 0.25) is 0 Å². The third kappa shape index (κ3) is 2.72. The molecule has 0 radical (unpaired) electrons.